The standard InChI is InChI=1S/C21H24N2O5.C17H17NO3S/c1-21(2,3)28-20(27)22-13-15-8-7-9-16(12-15)19(26)23(14-18(24)25)17-10-5-4-6-11-17;18-16(19)15-14(12-8-4-5-9-13(12)22-15)17(20)21-10-11-6-2-1-3-7-11/h4-12H,13-14H2,1-3H3,(H,22,27)(H,24,25);1-9,12-15H,10H2,(H2,18,19). The van der Waals surface area contributed by atoms with Crippen molar-refractivity contribution >= 4 is 47.3 Å². The van der Waals surface area contributed by atoms with Gasteiger partial charge in [-0.25, -0.2) is 4.79 Å². The maximum atomic E-state index is 12.9. The summed E-state index contributed by atoms with van der Waals surface area (Å²) in [5.41, 5.74) is 7.31. The van der Waals surface area contributed by atoms with Crippen molar-refractivity contribution in [2.45, 2.75) is 50.0 Å². The third-order valence-corrected chi connectivity index (χ3v) is 9.17. The van der Waals surface area contributed by atoms with E-state index in [1.165, 1.54) is 16.7 Å². The highest BCUT2D eigenvalue weighted by atomic mass is 32.2. The Morgan fingerprint density at radius 1 is 0.880 bits per heavy atom. The predicted octanol–water partition coefficient (Wildman–Crippen LogP) is 5.50. The number of para-hydroxylation sites is 1. The number of nitrogens with zero attached hydrogens (tertiary/aromatic N) is 1. The minimum atomic E-state index is -1.11. The number of anilines is 1. The van der Waals surface area contributed by atoms with Gasteiger partial charge in [-0.15, -0.1) is 11.8 Å². The number of carboxylic acids is 1. The number of aliphatic carboxylic acids is 1. The number of nitrogens with two attached hydrogens (primary N) is 1. The summed E-state index contributed by atoms with van der Waals surface area (Å²) in [6, 6.07) is 24.8. The lowest BCUT2D eigenvalue weighted by atomic mass is 9.84. The summed E-state index contributed by atoms with van der Waals surface area (Å²) in [5, 5.41) is 11.4. The zero-order valence-electron chi connectivity index (χ0n) is 28.1. The third kappa shape index (κ3) is 10.8. The topological polar surface area (TPSA) is 165 Å². The quantitative estimate of drug-likeness (QED) is 0.232. The fourth-order valence-corrected chi connectivity index (χ4v) is 6.91. The Morgan fingerprint density at radius 3 is 2.16 bits per heavy atom. The first-order valence-electron chi connectivity index (χ1n) is 16.0. The second-order valence-electron chi connectivity index (χ2n) is 12.6. The molecule has 12 heteroatoms. The Bertz CT molecular complexity index is 1720. The van der Waals surface area contributed by atoms with Gasteiger partial charge in [0.25, 0.3) is 5.91 Å². The fraction of sp³-hybridized carbons (Fsp3) is 0.289. The minimum Gasteiger partial charge on any atom is -0.480 e. The van der Waals surface area contributed by atoms with Crippen LogP contribution in [0.4, 0.5) is 10.5 Å². The van der Waals surface area contributed by atoms with Gasteiger partial charge in [0.2, 0.25) is 5.91 Å². The van der Waals surface area contributed by atoms with Gasteiger partial charge in [-0.3, -0.25) is 24.1 Å². The van der Waals surface area contributed by atoms with Crippen LogP contribution in [0.15, 0.2) is 109 Å². The first kappa shape index (κ1) is 37.5. The van der Waals surface area contributed by atoms with Gasteiger partial charge in [0.1, 0.15) is 18.8 Å². The molecule has 0 aromatic heterocycles. The van der Waals surface area contributed by atoms with Gasteiger partial charge < -0.3 is 25.6 Å². The van der Waals surface area contributed by atoms with Crippen LogP contribution in [-0.2, 0) is 37.0 Å². The number of carbonyl (C=O) groups is 5. The average molecular weight is 700 g/mol. The molecule has 11 nitrogen and oxygen atoms in total. The lowest BCUT2D eigenvalue weighted by molar-refractivity contribution is -0.152. The molecule has 0 bridgehead atoms. The molecule has 2 aliphatic rings. The summed E-state index contributed by atoms with van der Waals surface area (Å²) in [5.74, 6) is -2.91. The molecule has 5 rings (SSSR count). The highest BCUT2D eigenvalue weighted by molar-refractivity contribution is 8.01. The van der Waals surface area contributed by atoms with Gasteiger partial charge in [0.15, 0.2) is 0 Å². The highest BCUT2D eigenvalue weighted by Gasteiger charge is 2.49. The lowest BCUT2D eigenvalue weighted by Gasteiger charge is -2.21. The molecular formula is C38H41N3O8S. The maximum Gasteiger partial charge on any atom is 0.407 e. The first-order valence-corrected chi connectivity index (χ1v) is 16.9. The number of ether oxygens (including phenoxy) is 2. The number of allylic oxidation sites excluding steroid dienone is 3. The van der Waals surface area contributed by atoms with Crippen LogP contribution in [0.5, 0.6) is 0 Å². The Morgan fingerprint density at radius 2 is 1.52 bits per heavy atom. The molecule has 4 unspecified atom stereocenters. The molecule has 262 valence electrons. The molecule has 1 fully saturated rings. The number of hydrogen-bond acceptors (Lipinski definition) is 8. The number of fused-ring (bicyclic) bond motifs is 1. The van der Waals surface area contributed by atoms with E-state index in [2.05, 4.69) is 5.32 Å². The Kier molecular flexibility index (Phi) is 13.0. The monoisotopic (exact) mass is 699 g/mol. The van der Waals surface area contributed by atoms with E-state index in [0.29, 0.717) is 16.8 Å². The normalized spacial score (nSPS) is 18.9. The van der Waals surface area contributed by atoms with Crippen molar-refractivity contribution in [3.05, 3.63) is 126 Å². The smallest absolute Gasteiger partial charge is 0.407 e. The summed E-state index contributed by atoms with van der Waals surface area (Å²) >= 11 is 1.45. The molecule has 1 saturated heterocycles. The van der Waals surface area contributed by atoms with E-state index in [1.807, 2.05) is 54.6 Å². The van der Waals surface area contributed by atoms with Crippen LogP contribution < -0.4 is 16.0 Å². The number of alkyl carbamates (subject to hydrolysis) is 1. The van der Waals surface area contributed by atoms with Crippen molar-refractivity contribution in [2.75, 3.05) is 11.4 Å². The molecular weight excluding hydrogens is 658 g/mol. The van der Waals surface area contributed by atoms with E-state index in [0.717, 1.165) is 5.56 Å². The molecule has 3 aromatic carbocycles. The number of hydrogen-bond donors (Lipinski definition) is 3. The van der Waals surface area contributed by atoms with E-state index in [-0.39, 0.29) is 30.3 Å². The average Bonchev–Trinajstić information content (AvgIpc) is 3.49. The van der Waals surface area contributed by atoms with E-state index < -0.39 is 47.2 Å². The van der Waals surface area contributed by atoms with E-state index in [4.69, 9.17) is 15.2 Å². The molecule has 3 amide bonds. The number of rotatable bonds is 10. The van der Waals surface area contributed by atoms with Crippen molar-refractivity contribution in [3.8, 4) is 0 Å². The molecule has 1 aliphatic heterocycles. The minimum absolute atomic E-state index is 0.0317. The van der Waals surface area contributed by atoms with Crippen LogP contribution in [0.2, 0.25) is 0 Å². The molecule has 0 radical (unpaired) electrons. The van der Waals surface area contributed by atoms with Crippen molar-refractivity contribution in [1.82, 2.24) is 5.32 Å². The van der Waals surface area contributed by atoms with Gasteiger partial charge in [-0.2, -0.15) is 0 Å². The van der Waals surface area contributed by atoms with Crippen molar-refractivity contribution in [3.63, 3.8) is 0 Å². The number of primary amides is 1. The van der Waals surface area contributed by atoms with Crippen LogP contribution in [-0.4, -0.2) is 57.6 Å². The molecule has 1 aliphatic carbocycles. The maximum absolute atomic E-state index is 12.9. The van der Waals surface area contributed by atoms with Crippen molar-refractivity contribution < 1.29 is 38.6 Å². The van der Waals surface area contributed by atoms with Crippen LogP contribution in [0, 0.1) is 11.8 Å². The van der Waals surface area contributed by atoms with Crippen LogP contribution >= 0.6 is 11.8 Å². The predicted molar refractivity (Wildman–Crippen MR) is 191 cm³/mol. The zero-order valence-corrected chi connectivity index (χ0v) is 28.9. The van der Waals surface area contributed by atoms with E-state index >= 15 is 0 Å². The van der Waals surface area contributed by atoms with E-state index in [9.17, 15) is 29.1 Å². The fourth-order valence-electron chi connectivity index (χ4n) is 5.35. The van der Waals surface area contributed by atoms with Gasteiger partial charge in [0, 0.05) is 29.0 Å². The van der Waals surface area contributed by atoms with Gasteiger partial charge in [0.05, 0.1) is 11.2 Å². The Hall–Kier alpha value is -5.36. The lowest BCUT2D eigenvalue weighted by Crippen LogP contribution is -2.37. The third-order valence-electron chi connectivity index (χ3n) is 7.56. The van der Waals surface area contributed by atoms with Crippen LogP contribution in [0.3, 0.4) is 0 Å². The number of esters is 1. The molecule has 50 heavy (non-hydrogen) atoms. The molecule has 0 spiro atoms. The SMILES string of the molecule is CC(C)(C)OC(=O)NCc1cccc(C(=O)N(CC(=O)O)c2ccccc2)c1.NC(=O)C1SC2C=CC=CC2C1C(=O)OCc1ccccc1. The molecule has 1 heterocycles. The number of nitrogens with one attached hydrogen (secondary N) is 1. The molecule has 3 aromatic rings. The highest BCUT2D eigenvalue weighted by Crippen LogP contribution is 2.46. The van der Waals surface area contributed by atoms with Gasteiger partial charge in [-0.05, 0) is 56.2 Å². The zero-order chi connectivity index (χ0) is 36.3. The number of thioether (sulfide) groups is 1. The number of amides is 3. The first-order chi connectivity index (χ1) is 23.8. The Balaban J connectivity index is 0.000000231. The summed E-state index contributed by atoms with van der Waals surface area (Å²) in [4.78, 5) is 61.3. The van der Waals surface area contributed by atoms with Crippen molar-refractivity contribution in [2.24, 2.45) is 17.6 Å². The summed E-state index contributed by atoms with van der Waals surface area (Å²) in [6.07, 6.45) is 7.26. The second-order valence-corrected chi connectivity index (χ2v) is 13.9. The second kappa shape index (κ2) is 17.3. The molecule has 4 atom stereocenters. The summed E-state index contributed by atoms with van der Waals surface area (Å²) in [6.45, 7) is 5.25. The van der Waals surface area contributed by atoms with Gasteiger partial charge in [-0.1, -0.05) is 85.0 Å². The number of carboxylic acid groups (broad SMARTS) is 1. The summed E-state index contributed by atoms with van der Waals surface area (Å²) < 4.78 is 10.6. The molecule has 4 N–H and O–H groups in total. The summed E-state index contributed by atoms with van der Waals surface area (Å²) in [7, 11) is 0. The van der Waals surface area contributed by atoms with Crippen molar-refractivity contribution in [1.29, 1.82) is 0 Å². The number of carbonyl (C=O) groups excluding carboxylic acids is 4. The van der Waals surface area contributed by atoms with Gasteiger partial charge >= 0.3 is 18.0 Å². The van der Waals surface area contributed by atoms with E-state index in [1.54, 1.807) is 75.4 Å². The van der Waals surface area contributed by atoms with Crippen LogP contribution in [0.1, 0.15) is 42.3 Å². The largest absolute Gasteiger partial charge is 0.480 e. The number of benzene rings is 3. The molecule has 0 saturated carbocycles. The van der Waals surface area contributed by atoms with Crippen LogP contribution in [0.25, 0.3) is 0 Å². The Labute approximate surface area is 295 Å².